The lowest BCUT2D eigenvalue weighted by atomic mass is 9.96. The zero-order valence-corrected chi connectivity index (χ0v) is 15.1. The largest absolute Gasteiger partial charge is 0.465 e. The third kappa shape index (κ3) is 4.15. The van der Waals surface area contributed by atoms with Gasteiger partial charge in [0.1, 0.15) is 11.0 Å². The fourth-order valence-corrected chi connectivity index (χ4v) is 2.66. The van der Waals surface area contributed by atoms with Gasteiger partial charge in [-0.05, 0) is 35.1 Å². The van der Waals surface area contributed by atoms with Crippen molar-refractivity contribution in [3.63, 3.8) is 0 Å². The standard InChI is InChI=1S/C18H13ClFNO2.C2H6/c1-23-18(22)15-9-12(8-11-6-7-16(19)21-10-11)13-4-2-3-5-14(13)17(15)20;1-2/h2-7,9-10H,8H2,1H3;1-2H3. The second-order valence-electron chi connectivity index (χ2n) is 5.10. The Labute approximate surface area is 151 Å². The second kappa shape index (κ2) is 8.58. The quantitative estimate of drug-likeness (QED) is 0.462. The van der Waals surface area contributed by atoms with Crippen LogP contribution in [0.15, 0.2) is 48.7 Å². The van der Waals surface area contributed by atoms with Crippen molar-refractivity contribution in [3.05, 3.63) is 76.3 Å². The van der Waals surface area contributed by atoms with Gasteiger partial charge in [0.25, 0.3) is 0 Å². The summed E-state index contributed by atoms with van der Waals surface area (Å²) < 4.78 is 19.2. The van der Waals surface area contributed by atoms with Crippen LogP contribution in [0, 0.1) is 5.82 Å². The summed E-state index contributed by atoms with van der Waals surface area (Å²) in [6.07, 6.45) is 2.17. The number of fused-ring (bicyclic) bond motifs is 1. The molecule has 0 N–H and O–H groups in total. The molecule has 0 unspecified atom stereocenters. The molecular formula is C20H19ClFNO2. The van der Waals surface area contributed by atoms with E-state index in [9.17, 15) is 9.18 Å². The predicted molar refractivity (Wildman–Crippen MR) is 98.6 cm³/mol. The maximum Gasteiger partial charge on any atom is 0.340 e. The van der Waals surface area contributed by atoms with Crippen molar-refractivity contribution in [1.29, 1.82) is 0 Å². The SMILES string of the molecule is CC.COC(=O)c1cc(Cc2ccc(Cl)nc2)c2ccccc2c1F. The number of esters is 1. The molecule has 0 spiro atoms. The molecule has 3 nitrogen and oxygen atoms in total. The average molecular weight is 360 g/mol. The summed E-state index contributed by atoms with van der Waals surface area (Å²) in [5, 5.41) is 1.56. The summed E-state index contributed by atoms with van der Waals surface area (Å²) in [6, 6.07) is 12.1. The first kappa shape index (κ1) is 18.9. The molecule has 3 aromatic rings. The minimum Gasteiger partial charge on any atom is -0.465 e. The Morgan fingerprint density at radius 3 is 2.44 bits per heavy atom. The Morgan fingerprint density at radius 2 is 1.84 bits per heavy atom. The number of pyridine rings is 1. The smallest absolute Gasteiger partial charge is 0.340 e. The van der Waals surface area contributed by atoms with E-state index in [4.69, 9.17) is 11.6 Å². The van der Waals surface area contributed by atoms with Gasteiger partial charge in [0.05, 0.1) is 12.7 Å². The Bertz CT molecular complexity index is 879. The van der Waals surface area contributed by atoms with Gasteiger partial charge in [0.2, 0.25) is 0 Å². The fraction of sp³-hybridized carbons (Fsp3) is 0.200. The van der Waals surface area contributed by atoms with Crippen molar-refractivity contribution >= 4 is 28.3 Å². The molecule has 3 rings (SSSR count). The Kier molecular flexibility index (Phi) is 6.48. The predicted octanol–water partition coefficient (Wildman–Crippen LogP) is 5.43. The monoisotopic (exact) mass is 359 g/mol. The molecule has 0 bridgehead atoms. The van der Waals surface area contributed by atoms with Crippen molar-refractivity contribution in [2.45, 2.75) is 20.3 Å². The minimum absolute atomic E-state index is 0.0666. The van der Waals surface area contributed by atoms with Crippen LogP contribution >= 0.6 is 11.6 Å². The molecule has 130 valence electrons. The molecule has 2 aromatic carbocycles. The van der Waals surface area contributed by atoms with Crippen molar-refractivity contribution < 1.29 is 13.9 Å². The van der Waals surface area contributed by atoms with Crippen LogP contribution in [0.5, 0.6) is 0 Å². The molecule has 0 saturated carbocycles. The van der Waals surface area contributed by atoms with E-state index in [1.165, 1.54) is 13.2 Å². The third-order valence-electron chi connectivity index (χ3n) is 3.65. The summed E-state index contributed by atoms with van der Waals surface area (Å²) in [5.41, 5.74) is 1.68. The minimum atomic E-state index is -0.691. The van der Waals surface area contributed by atoms with E-state index in [-0.39, 0.29) is 5.56 Å². The summed E-state index contributed by atoms with van der Waals surface area (Å²) in [7, 11) is 1.24. The highest BCUT2D eigenvalue weighted by atomic mass is 35.5. The Balaban J connectivity index is 0.00000109. The number of aromatic nitrogens is 1. The van der Waals surface area contributed by atoms with Crippen molar-refractivity contribution in [2.75, 3.05) is 7.11 Å². The van der Waals surface area contributed by atoms with Gasteiger partial charge in [-0.15, -0.1) is 0 Å². The van der Waals surface area contributed by atoms with E-state index in [1.807, 2.05) is 32.0 Å². The number of rotatable bonds is 3. The first-order valence-corrected chi connectivity index (χ1v) is 8.37. The van der Waals surface area contributed by atoms with Gasteiger partial charge >= 0.3 is 5.97 Å². The van der Waals surface area contributed by atoms with Crippen LogP contribution in [0.1, 0.15) is 35.3 Å². The van der Waals surface area contributed by atoms with Crippen molar-refractivity contribution in [1.82, 2.24) is 4.98 Å². The van der Waals surface area contributed by atoms with Gasteiger partial charge in [-0.1, -0.05) is 55.8 Å². The molecule has 0 fully saturated rings. The zero-order chi connectivity index (χ0) is 18.4. The molecule has 0 radical (unpaired) electrons. The van der Waals surface area contributed by atoms with E-state index in [0.717, 1.165) is 16.5 Å². The van der Waals surface area contributed by atoms with E-state index >= 15 is 0 Å². The van der Waals surface area contributed by atoms with Crippen LogP contribution in [0.25, 0.3) is 10.8 Å². The van der Waals surface area contributed by atoms with Crippen LogP contribution in [0.3, 0.4) is 0 Å². The Morgan fingerprint density at radius 1 is 1.16 bits per heavy atom. The molecule has 1 heterocycles. The number of nitrogens with zero attached hydrogens (tertiary/aromatic N) is 1. The summed E-state index contributed by atoms with van der Waals surface area (Å²) in [4.78, 5) is 15.9. The lowest BCUT2D eigenvalue weighted by molar-refractivity contribution is 0.0596. The van der Waals surface area contributed by atoms with Crippen LogP contribution in [0.4, 0.5) is 4.39 Å². The van der Waals surface area contributed by atoms with E-state index in [0.29, 0.717) is 17.0 Å². The zero-order valence-electron chi connectivity index (χ0n) is 14.3. The highest BCUT2D eigenvalue weighted by Crippen LogP contribution is 2.27. The number of methoxy groups -OCH3 is 1. The number of carbonyl (C=O) groups is 1. The molecule has 0 atom stereocenters. The normalized spacial score (nSPS) is 10.1. The topological polar surface area (TPSA) is 39.2 Å². The maximum atomic E-state index is 14.5. The van der Waals surface area contributed by atoms with Crippen LogP contribution in [-0.4, -0.2) is 18.1 Å². The molecule has 0 aliphatic rings. The molecule has 1 aromatic heterocycles. The molecule has 5 heteroatoms. The van der Waals surface area contributed by atoms with Gasteiger partial charge in [-0.2, -0.15) is 0 Å². The molecule has 25 heavy (non-hydrogen) atoms. The van der Waals surface area contributed by atoms with Gasteiger partial charge in [-0.3, -0.25) is 0 Å². The molecular weight excluding hydrogens is 341 g/mol. The first-order chi connectivity index (χ1) is 12.1. The van der Waals surface area contributed by atoms with Crippen molar-refractivity contribution in [3.8, 4) is 0 Å². The first-order valence-electron chi connectivity index (χ1n) is 7.99. The lowest BCUT2D eigenvalue weighted by Crippen LogP contribution is -2.07. The van der Waals surface area contributed by atoms with E-state index < -0.39 is 11.8 Å². The van der Waals surface area contributed by atoms with Gasteiger partial charge in [0.15, 0.2) is 0 Å². The third-order valence-corrected chi connectivity index (χ3v) is 3.88. The highest BCUT2D eigenvalue weighted by molar-refractivity contribution is 6.29. The number of ether oxygens (including phenoxy) is 1. The molecule has 0 aliphatic heterocycles. The van der Waals surface area contributed by atoms with Crippen LogP contribution < -0.4 is 0 Å². The highest BCUT2D eigenvalue weighted by Gasteiger charge is 2.18. The summed E-state index contributed by atoms with van der Waals surface area (Å²) in [5.74, 6) is -1.26. The fourth-order valence-electron chi connectivity index (χ4n) is 2.55. The van der Waals surface area contributed by atoms with E-state index in [2.05, 4.69) is 9.72 Å². The van der Waals surface area contributed by atoms with Gasteiger partial charge < -0.3 is 4.74 Å². The molecule has 0 amide bonds. The second-order valence-corrected chi connectivity index (χ2v) is 5.49. The van der Waals surface area contributed by atoms with Crippen LogP contribution in [0.2, 0.25) is 5.15 Å². The van der Waals surface area contributed by atoms with E-state index in [1.54, 1.807) is 24.4 Å². The number of hydrogen-bond acceptors (Lipinski definition) is 3. The number of halogens is 2. The van der Waals surface area contributed by atoms with Crippen molar-refractivity contribution in [2.24, 2.45) is 0 Å². The number of benzene rings is 2. The van der Waals surface area contributed by atoms with Gasteiger partial charge in [-0.25, -0.2) is 14.2 Å². The maximum absolute atomic E-state index is 14.5. The summed E-state index contributed by atoms with van der Waals surface area (Å²) in [6.45, 7) is 4.00. The van der Waals surface area contributed by atoms with Gasteiger partial charge in [0, 0.05) is 11.6 Å². The summed E-state index contributed by atoms with van der Waals surface area (Å²) >= 11 is 5.79. The van der Waals surface area contributed by atoms with Crippen LogP contribution in [-0.2, 0) is 11.2 Å². The number of hydrogen-bond donors (Lipinski definition) is 0. The number of carbonyl (C=O) groups excluding carboxylic acids is 1. The molecule has 0 saturated heterocycles. The lowest BCUT2D eigenvalue weighted by Gasteiger charge is -2.11. The molecule has 0 aliphatic carbocycles. The Hall–Kier alpha value is -2.46. The average Bonchev–Trinajstić information content (AvgIpc) is 2.67.